The number of carbonyl (C=O) groups excluding carboxylic acids is 1. The fraction of sp³-hybridized carbons (Fsp3) is 0.950. The maximum Gasteiger partial charge on any atom is 0.228 e. The van der Waals surface area contributed by atoms with Crippen LogP contribution >= 0.6 is 0 Å². The monoisotopic (exact) mass is 345 g/mol. The van der Waals surface area contributed by atoms with E-state index in [1.165, 1.54) is 0 Å². The summed E-state index contributed by atoms with van der Waals surface area (Å²) in [5.41, 5.74) is -0.333. The third-order valence-corrected chi connectivity index (χ3v) is 3.67. The van der Waals surface area contributed by atoms with Gasteiger partial charge in [-0.15, -0.1) is 0 Å². The van der Waals surface area contributed by atoms with Crippen LogP contribution in [-0.2, 0) is 14.3 Å². The van der Waals surface area contributed by atoms with Gasteiger partial charge in [-0.1, -0.05) is 54.4 Å². The highest BCUT2D eigenvalue weighted by Gasteiger charge is 2.28. The zero-order valence-electron chi connectivity index (χ0n) is 17.6. The van der Waals surface area contributed by atoms with Gasteiger partial charge in [-0.2, -0.15) is 0 Å². The minimum Gasteiger partial charge on any atom is -0.380 e. The van der Waals surface area contributed by atoms with E-state index in [0.29, 0.717) is 26.4 Å². The summed E-state index contributed by atoms with van der Waals surface area (Å²) in [6.45, 7) is 19.6. The SMILES string of the molecule is CC.CCCCOCCNC(=O)C(C)(C)COCC(C)(C)CCC. The first kappa shape index (κ1) is 25.6. The zero-order valence-corrected chi connectivity index (χ0v) is 17.6. The number of ether oxygens (including phenoxy) is 2. The molecule has 0 aromatic rings. The molecule has 0 aliphatic carbocycles. The van der Waals surface area contributed by atoms with E-state index < -0.39 is 5.41 Å². The van der Waals surface area contributed by atoms with E-state index in [1.54, 1.807) is 0 Å². The second kappa shape index (κ2) is 14.7. The van der Waals surface area contributed by atoms with Crippen LogP contribution in [0.1, 0.15) is 81.1 Å². The Labute approximate surface area is 151 Å². The molecule has 0 aliphatic heterocycles. The molecule has 0 heterocycles. The van der Waals surface area contributed by atoms with Crippen LogP contribution < -0.4 is 5.32 Å². The lowest BCUT2D eigenvalue weighted by atomic mass is 9.89. The average Bonchev–Trinajstić information content (AvgIpc) is 2.52. The molecule has 0 saturated heterocycles. The first-order chi connectivity index (χ1) is 11.2. The van der Waals surface area contributed by atoms with E-state index in [1.807, 2.05) is 27.7 Å². The molecule has 1 amide bonds. The Morgan fingerprint density at radius 1 is 0.917 bits per heavy atom. The van der Waals surface area contributed by atoms with Crippen LogP contribution in [-0.4, -0.2) is 38.9 Å². The quantitative estimate of drug-likeness (QED) is 0.487. The molecule has 1 N–H and O–H groups in total. The molecular weight excluding hydrogens is 302 g/mol. The number of nitrogens with one attached hydrogen (secondary N) is 1. The van der Waals surface area contributed by atoms with Crippen molar-refractivity contribution in [3.05, 3.63) is 0 Å². The molecule has 0 unspecified atom stereocenters. The third kappa shape index (κ3) is 13.8. The number of unbranched alkanes of at least 4 members (excludes halogenated alkanes) is 1. The van der Waals surface area contributed by atoms with Crippen LogP contribution in [0, 0.1) is 10.8 Å². The molecule has 4 nitrogen and oxygen atoms in total. The number of carbonyl (C=O) groups is 1. The Bertz CT molecular complexity index is 301. The summed E-state index contributed by atoms with van der Waals surface area (Å²) >= 11 is 0. The molecule has 146 valence electrons. The predicted molar refractivity (Wildman–Crippen MR) is 103 cm³/mol. The van der Waals surface area contributed by atoms with Gasteiger partial charge in [-0.3, -0.25) is 4.79 Å². The summed E-state index contributed by atoms with van der Waals surface area (Å²) in [4.78, 5) is 12.2. The van der Waals surface area contributed by atoms with Crippen LogP contribution in [0.4, 0.5) is 0 Å². The highest BCUT2D eigenvalue weighted by Crippen LogP contribution is 2.24. The minimum atomic E-state index is -0.508. The second-order valence-electron chi connectivity index (χ2n) is 7.51. The van der Waals surface area contributed by atoms with Gasteiger partial charge < -0.3 is 14.8 Å². The Kier molecular flexibility index (Phi) is 15.7. The van der Waals surface area contributed by atoms with Crippen molar-refractivity contribution in [1.29, 1.82) is 0 Å². The van der Waals surface area contributed by atoms with Crippen LogP contribution in [0.25, 0.3) is 0 Å². The van der Waals surface area contributed by atoms with Gasteiger partial charge in [0.05, 0.1) is 25.2 Å². The first-order valence-electron chi connectivity index (χ1n) is 9.69. The van der Waals surface area contributed by atoms with E-state index in [-0.39, 0.29) is 11.3 Å². The second-order valence-corrected chi connectivity index (χ2v) is 7.51. The molecule has 0 aliphatic rings. The fourth-order valence-corrected chi connectivity index (χ4v) is 2.22. The standard InChI is InChI=1S/C18H37NO3.C2H6/c1-7-9-12-21-13-11-19-16(20)18(5,6)15-22-14-17(3,4)10-8-2;1-2/h7-15H2,1-6H3,(H,19,20);1-2H3. The van der Waals surface area contributed by atoms with Gasteiger partial charge in [-0.05, 0) is 32.1 Å². The molecule has 0 bridgehead atoms. The highest BCUT2D eigenvalue weighted by molar-refractivity contribution is 5.81. The smallest absolute Gasteiger partial charge is 0.228 e. The van der Waals surface area contributed by atoms with Crippen molar-refractivity contribution in [3.8, 4) is 0 Å². The van der Waals surface area contributed by atoms with Crippen molar-refractivity contribution in [2.75, 3.05) is 33.0 Å². The number of rotatable bonds is 13. The Morgan fingerprint density at radius 3 is 2.08 bits per heavy atom. The van der Waals surface area contributed by atoms with Gasteiger partial charge in [0.15, 0.2) is 0 Å². The maximum atomic E-state index is 12.2. The summed E-state index contributed by atoms with van der Waals surface area (Å²) in [6.07, 6.45) is 4.49. The largest absolute Gasteiger partial charge is 0.380 e. The van der Waals surface area contributed by atoms with E-state index in [2.05, 4.69) is 33.0 Å². The van der Waals surface area contributed by atoms with Crippen molar-refractivity contribution in [2.24, 2.45) is 10.8 Å². The van der Waals surface area contributed by atoms with Crippen molar-refractivity contribution in [3.63, 3.8) is 0 Å². The average molecular weight is 346 g/mol. The highest BCUT2D eigenvalue weighted by atomic mass is 16.5. The molecule has 0 spiro atoms. The van der Waals surface area contributed by atoms with Gasteiger partial charge in [0.1, 0.15) is 0 Å². The summed E-state index contributed by atoms with van der Waals surface area (Å²) in [7, 11) is 0. The summed E-state index contributed by atoms with van der Waals surface area (Å²) < 4.78 is 11.2. The van der Waals surface area contributed by atoms with Gasteiger partial charge in [0.25, 0.3) is 0 Å². The Balaban J connectivity index is 0. The van der Waals surface area contributed by atoms with Gasteiger partial charge in [0.2, 0.25) is 5.91 Å². The van der Waals surface area contributed by atoms with Crippen molar-refractivity contribution < 1.29 is 14.3 Å². The molecule has 0 fully saturated rings. The minimum absolute atomic E-state index is 0.0277. The Morgan fingerprint density at radius 2 is 1.54 bits per heavy atom. The summed E-state index contributed by atoms with van der Waals surface area (Å²) in [5, 5.41) is 2.93. The molecule has 0 atom stereocenters. The maximum absolute atomic E-state index is 12.2. The van der Waals surface area contributed by atoms with Gasteiger partial charge >= 0.3 is 0 Å². The third-order valence-electron chi connectivity index (χ3n) is 3.67. The lowest BCUT2D eigenvalue weighted by Crippen LogP contribution is -2.41. The number of amides is 1. The van der Waals surface area contributed by atoms with E-state index in [0.717, 1.165) is 32.3 Å². The van der Waals surface area contributed by atoms with Crippen LogP contribution in [0.15, 0.2) is 0 Å². The number of hydrogen-bond acceptors (Lipinski definition) is 3. The molecule has 0 aromatic carbocycles. The predicted octanol–water partition coefficient (Wildman–Crippen LogP) is 4.81. The fourth-order valence-electron chi connectivity index (χ4n) is 2.22. The van der Waals surface area contributed by atoms with E-state index >= 15 is 0 Å². The van der Waals surface area contributed by atoms with Crippen molar-refractivity contribution >= 4 is 5.91 Å². The van der Waals surface area contributed by atoms with E-state index in [4.69, 9.17) is 9.47 Å². The normalized spacial score (nSPS) is 11.7. The molecule has 4 heteroatoms. The summed E-state index contributed by atoms with van der Waals surface area (Å²) in [6, 6.07) is 0. The van der Waals surface area contributed by atoms with Crippen molar-refractivity contribution in [1.82, 2.24) is 5.32 Å². The molecule has 0 rings (SSSR count). The summed E-state index contributed by atoms with van der Waals surface area (Å²) in [5.74, 6) is 0.0277. The number of hydrogen-bond donors (Lipinski definition) is 1. The zero-order chi connectivity index (χ0) is 19.1. The molecule has 24 heavy (non-hydrogen) atoms. The Hall–Kier alpha value is -0.610. The van der Waals surface area contributed by atoms with E-state index in [9.17, 15) is 4.79 Å². The van der Waals surface area contributed by atoms with Crippen LogP contribution in [0.3, 0.4) is 0 Å². The molecular formula is C20H43NO3. The first-order valence-corrected chi connectivity index (χ1v) is 9.69. The molecule has 0 aromatic heterocycles. The van der Waals surface area contributed by atoms with Crippen LogP contribution in [0.2, 0.25) is 0 Å². The van der Waals surface area contributed by atoms with Crippen LogP contribution in [0.5, 0.6) is 0 Å². The molecule has 0 radical (unpaired) electrons. The van der Waals surface area contributed by atoms with Gasteiger partial charge in [0, 0.05) is 13.2 Å². The van der Waals surface area contributed by atoms with Gasteiger partial charge in [-0.25, -0.2) is 0 Å². The lowest BCUT2D eigenvalue weighted by molar-refractivity contribution is -0.133. The topological polar surface area (TPSA) is 47.6 Å². The lowest BCUT2D eigenvalue weighted by Gasteiger charge is -2.28. The molecule has 0 saturated carbocycles. The van der Waals surface area contributed by atoms with Crippen molar-refractivity contribution in [2.45, 2.75) is 81.1 Å².